The van der Waals surface area contributed by atoms with E-state index in [2.05, 4.69) is 10.6 Å². The number of rotatable bonds is 4. The van der Waals surface area contributed by atoms with Gasteiger partial charge in [0.1, 0.15) is 11.2 Å². The number of pyridine rings is 1. The molecule has 0 aliphatic carbocycles. The second-order valence-corrected chi connectivity index (χ2v) is 7.56. The molecule has 2 N–H and O–H groups in total. The lowest BCUT2D eigenvalue weighted by molar-refractivity contribution is -0.604. The van der Waals surface area contributed by atoms with Gasteiger partial charge in [0, 0.05) is 17.5 Å². The zero-order chi connectivity index (χ0) is 23.1. The van der Waals surface area contributed by atoms with Crippen LogP contribution in [-0.2, 0) is 4.79 Å². The maximum absolute atomic E-state index is 14.3. The summed E-state index contributed by atoms with van der Waals surface area (Å²) in [6, 6.07) is 3.14. The third kappa shape index (κ3) is 3.89. The molecule has 2 heterocycles. The summed E-state index contributed by atoms with van der Waals surface area (Å²) in [7, 11) is 1.06. The highest BCUT2D eigenvalue weighted by molar-refractivity contribution is 5.96. The number of benzene rings is 1. The van der Waals surface area contributed by atoms with Crippen molar-refractivity contribution in [2.45, 2.75) is 37.5 Å². The van der Waals surface area contributed by atoms with Crippen LogP contribution in [0.15, 0.2) is 36.7 Å². The minimum atomic E-state index is -4.75. The summed E-state index contributed by atoms with van der Waals surface area (Å²) in [6.45, 7) is 2.17. The molecule has 1 fully saturated rings. The Morgan fingerprint density at radius 1 is 1.29 bits per heavy atom. The van der Waals surface area contributed by atoms with Crippen LogP contribution in [0.3, 0.4) is 0 Å². The van der Waals surface area contributed by atoms with Gasteiger partial charge < -0.3 is 15.3 Å². The highest BCUT2D eigenvalue weighted by atomic mass is 19.4. The topological polar surface area (TPSA) is 77.3 Å². The van der Waals surface area contributed by atoms with Crippen molar-refractivity contribution in [2.75, 3.05) is 12.4 Å². The van der Waals surface area contributed by atoms with Gasteiger partial charge in [-0.3, -0.25) is 10.1 Å². The van der Waals surface area contributed by atoms with E-state index in [4.69, 9.17) is 4.74 Å². The number of aromatic nitrogens is 1. The fourth-order valence-corrected chi connectivity index (χ4v) is 3.98. The molecule has 0 saturated carbocycles. The number of halogens is 5. The molecule has 1 aliphatic rings. The highest BCUT2D eigenvalue weighted by Crippen LogP contribution is 2.51. The quantitative estimate of drug-likeness (QED) is 0.430. The van der Waals surface area contributed by atoms with Crippen molar-refractivity contribution in [1.29, 1.82) is 0 Å². The van der Waals surface area contributed by atoms with Crippen molar-refractivity contribution in [3.63, 3.8) is 0 Å². The lowest BCUT2D eigenvalue weighted by Crippen LogP contribution is -2.56. The molecule has 1 aromatic heterocycles. The molecule has 1 amide bonds. The van der Waals surface area contributed by atoms with Crippen LogP contribution < -0.4 is 20.1 Å². The van der Waals surface area contributed by atoms with Crippen molar-refractivity contribution >= 4 is 11.6 Å². The predicted octanol–water partition coefficient (Wildman–Crippen LogP) is 3.26. The van der Waals surface area contributed by atoms with Crippen LogP contribution in [0.4, 0.5) is 27.6 Å². The smallest absolute Gasteiger partial charge is 0.406 e. The van der Waals surface area contributed by atoms with E-state index in [-0.39, 0.29) is 11.3 Å². The van der Waals surface area contributed by atoms with Gasteiger partial charge in [0.25, 0.3) is 0 Å². The monoisotopic (exact) mass is 445 g/mol. The number of alkyl halides is 3. The summed E-state index contributed by atoms with van der Waals surface area (Å²) in [4.78, 5) is 13.0. The fourth-order valence-electron chi connectivity index (χ4n) is 3.98. The molecule has 0 bridgehead atoms. The molecule has 0 unspecified atom stereocenters. The number of ether oxygens (including phenoxy) is 1. The number of methoxy groups -OCH3 is 1. The highest BCUT2D eigenvalue weighted by Gasteiger charge is 2.64. The number of hydrogen-bond donors (Lipinski definition) is 2. The van der Waals surface area contributed by atoms with E-state index in [1.165, 1.54) is 25.3 Å². The SMILES string of the molecule is COc1c([C@H]2[C@H](C(=O)Nc3ccc[n+]([O-])c3)N[C@@](C)(C(F)(F)F)[C@H]2C)ccc(F)c1F. The molecule has 4 atom stereocenters. The lowest BCUT2D eigenvalue weighted by Gasteiger charge is -2.33. The molecular formula is C20H20F5N3O3. The molecule has 11 heteroatoms. The maximum atomic E-state index is 14.3. The Balaban J connectivity index is 2.09. The number of nitrogens with one attached hydrogen (secondary N) is 2. The van der Waals surface area contributed by atoms with Crippen molar-refractivity contribution < 1.29 is 36.2 Å². The van der Waals surface area contributed by atoms with Gasteiger partial charge in [0.15, 0.2) is 17.8 Å². The van der Waals surface area contributed by atoms with Crippen molar-refractivity contribution in [3.05, 3.63) is 59.1 Å². The van der Waals surface area contributed by atoms with Gasteiger partial charge in [-0.1, -0.05) is 13.0 Å². The van der Waals surface area contributed by atoms with Crippen LogP contribution in [-0.4, -0.2) is 30.8 Å². The van der Waals surface area contributed by atoms with Gasteiger partial charge in [0.2, 0.25) is 17.9 Å². The summed E-state index contributed by atoms with van der Waals surface area (Å²) < 4.78 is 75.1. The van der Waals surface area contributed by atoms with Crippen LogP contribution in [0.2, 0.25) is 0 Å². The lowest BCUT2D eigenvalue weighted by atomic mass is 9.76. The summed E-state index contributed by atoms with van der Waals surface area (Å²) in [5.41, 5.74) is -2.53. The number of carbonyl (C=O) groups excluding carboxylic acids is 1. The van der Waals surface area contributed by atoms with E-state index >= 15 is 0 Å². The Labute approximate surface area is 174 Å². The number of anilines is 1. The predicted molar refractivity (Wildman–Crippen MR) is 100 cm³/mol. The third-order valence-corrected chi connectivity index (χ3v) is 5.82. The molecule has 1 saturated heterocycles. The van der Waals surface area contributed by atoms with Gasteiger partial charge in [-0.25, -0.2) is 4.39 Å². The second kappa shape index (κ2) is 7.95. The Kier molecular flexibility index (Phi) is 5.83. The number of hydrogen-bond acceptors (Lipinski definition) is 4. The minimum absolute atomic E-state index is 0.0635. The minimum Gasteiger partial charge on any atom is -0.619 e. The molecule has 0 radical (unpaired) electrons. The van der Waals surface area contributed by atoms with Gasteiger partial charge in [-0.05, 0) is 25.0 Å². The first kappa shape index (κ1) is 22.7. The van der Waals surface area contributed by atoms with Crippen molar-refractivity contribution in [2.24, 2.45) is 5.92 Å². The number of amides is 1. The molecule has 168 valence electrons. The molecule has 2 aromatic rings. The van der Waals surface area contributed by atoms with Gasteiger partial charge in [0.05, 0.1) is 13.2 Å². The molecule has 6 nitrogen and oxygen atoms in total. The Hall–Kier alpha value is -2.95. The molecule has 0 spiro atoms. The summed E-state index contributed by atoms with van der Waals surface area (Å²) >= 11 is 0. The summed E-state index contributed by atoms with van der Waals surface area (Å²) in [6.07, 6.45) is -2.55. The molecule has 31 heavy (non-hydrogen) atoms. The first-order chi connectivity index (χ1) is 14.4. The molecule has 3 rings (SSSR count). The normalized spacial score (nSPS) is 26.0. The van der Waals surface area contributed by atoms with E-state index in [0.29, 0.717) is 4.73 Å². The van der Waals surface area contributed by atoms with E-state index in [1.54, 1.807) is 0 Å². The van der Waals surface area contributed by atoms with Crippen LogP contribution in [0.25, 0.3) is 0 Å². The fraction of sp³-hybridized carbons (Fsp3) is 0.400. The van der Waals surface area contributed by atoms with Crippen LogP contribution in [0, 0.1) is 22.8 Å². The van der Waals surface area contributed by atoms with Crippen LogP contribution in [0.1, 0.15) is 25.3 Å². The zero-order valence-corrected chi connectivity index (χ0v) is 16.8. The summed E-state index contributed by atoms with van der Waals surface area (Å²) in [5.74, 6) is -6.52. The first-order valence-electron chi connectivity index (χ1n) is 9.26. The van der Waals surface area contributed by atoms with Gasteiger partial charge >= 0.3 is 6.18 Å². The standard InChI is InChI=1S/C20H20F5N3O3/c1-10-14(12-6-7-13(21)15(22)17(12)31-3)16(27-19(10,2)20(23,24)25)18(29)26-11-5-4-8-28(30)9-11/h4-10,14,16,27H,1-3H3,(H,26,29)/t10-,14-,16+,19+/m0/s1. The van der Waals surface area contributed by atoms with E-state index < -0.39 is 52.9 Å². The first-order valence-corrected chi connectivity index (χ1v) is 9.26. The molecular weight excluding hydrogens is 425 g/mol. The van der Waals surface area contributed by atoms with Crippen LogP contribution >= 0.6 is 0 Å². The van der Waals surface area contributed by atoms with Gasteiger partial charge in [-0.2, -0.15) is 22.3 Å². The number of nitrogens with zero attached hydrogens (tertiary/aromatic N) is 1. The van der Waals surface area contributed by atoms with Crippen molar-refractivity contribution in [1.82, 2.24) is 5.32 Å². The zero-order valence-electron chi connectivity index (χ0n) is 16.8. The molecule has 1 aliphatic heterocycles. The Morgan fingerprint density at radius 2 is 1.97 bits per heavy atom. The van der Waals surface area contributed by atoms with E-state index in [9.17, 15) is 32.0 Å². The second-order valence-electron chi connectivity index (χ2n) is 7.56. The van der Waals surface area contributed by atoms with E-state index in [0.717, 1.165) is 32.4 Å². The van der Waals surface area contributed by atoms with Crippen molar-refractivity contribution in [3.8, 4) is 5.75 Å². The largest absolute Gasteiger partial charge is 0.619 e. The summed E-state index contributed by atoms with van der Waals surface area (Å²) in [5, 5.41) is 16.2. The Morgan fingerprint density at radius 3 is 2.55 bits per heavy atom. The molecule has 1 aromatic carbocycles. The third-order valence-electron chi connectivity index (χ3n) is 5.82. The average Bonchev–Trinajstić information content (AvgIpc) is 2.96. The number of carbonyl (C=O) groups is 1. The van der Waals surface area contributed by atoms with Crippen LogP contribution in [0.5, 0.6) is 5.75 Å². The van der Waals surface area contributed by atoms with E-state index in [1.807, 2.05) is 0 Å². The van der Waals surface area contributed by atoms with Gasteiger partial charge in [-0.15, -0.1) is 0 Å². The Bertz CT molecular complexity index is 1000. The maximum Gasteiger partial charge on any atom is 0.406 e. The average molecular weight is 445 g/mol.